The highest BCUT2D eigenvalue weighted by Crippen LogP contribution is 2.44. The summed E-state index contributed by atoms with van der Waals surface area (Å²) in [6, 6.07) is 0. The van der Waals surface area contributed by atoms with Gasteiger partial charge in [0.2, 0.25) is 0 Å². The molecule has 0 aromatic heterocycles. The summed E-state index contributed by atoms with van der Waals surface area (Å²) in [5.74, 6) is 0. The van der Waals surface area contributed by atoms with Crippen LogP contribution < -0.4 is 0 Å². The van der Waals surface area contributed by atoms with Crippen molar-refractivity contribution >= 4 is 0 Å². The summed E-state index contributed by atoms with van der Waals surface area (Å²) < 4.78 is 0. The first kappa shape index (κ1) is 15.0. The average Bonchev–Trinajstić information content (AvgIpc) is 2.77. The lowest BCUT2D eigenvalue weighted by Gasteiger charge is -2.27. The zero-order valence-electron chi connectivity index (χ0n) is 11.6. The lowest BCUT2D eigenvalue weighted by molar-refractivity contribution is 0.249. The highest BCUT2D eigenvalue weighted by Gasteiger charge is 2.30. The van der Waals surface area contributed by atoms with E-state index in [9.17, 15) is 0 Å². The number of hydrogen-bond donors (Lipinski definition) is 0. The Morgan fingerprint density at radius 2 is 1.47 bits per heavy atom. The maximum atomic E-state index is 2.39. The molecule has 1 rings (SSSR count). The molecule has 0 amide bonds. The minimum atomic E-state index is 0.785. The molecule has 0 unspecified atom stereocenters. The highest BCUT2D eigenvalue weighted by molar-refractivity contribution is 4.83. The molecule has 0 aliphatic heterocycles. The Hall–Kier alpha value is 0. The maximum absolute atomic E-state index is 2.39. The van der Waals surface area contributed by atoms with Crippen LogP contribution in [0.4, 0.5) is 0 Å². The topological polar surface area (TPSA) is 0 Å². The molecule has 0 aromatic rings. The molecule has 0 heterocycles. The molecular weight excluding hydrogens is 180 g/mol. The van der Waals surface area contributed by atoms with Crippen LogP contribution in [0.3, 0.4) is 0 Å². The van der Waals surface area contributed by atoms with Crippen LogP contribution in [0, 0.1) is 5.41 Å². The van der Waals surface area contributed by atoms with E-state index in [0.717, 1.165) is 5.41 Å². The van der Waals surface area contributed by atoms with Gasteiger partial charge in [0.1, 0.15) is 0 Å². The van der Waals surface area contributed by atoms with E-state index >= 15 is 0 Å². The molecule has 92 valence electrons. The third-order valence-electron chi connectivity index (χ3n) is 3.97. The SMILES string of the molecule is CC.CCCCCCC1(CC)CCCC1. The van der Waals surface area contributed by atoms with Crippen molar-refractivity contribution < 1.29 is 0 Å². The minimum Gasteiger partial charge on any atom is -0.0683 e. The van der Waals surface area contributed by atoms with Gasteiger partial charge in [0, 0.05) is 0 Å². The van der Waals surface area contributed by atoms with Gasteiger partial charge >= 0.3 is 0 Å². The van der Waals surface area contributed by atoms with Crippen molar-refractivity contribution in [2.75, 3.05) is 0 Å². The summed E-state index contributed by atoms with van der Waals surface area (Å²) in [6.07, 6.45) is 14.8. The van der Waals surface area contributed by atoms with E-state index in [1.54, 1.807) is 0 Å². The Morgan fingerprint density at radius 3 is 1.93 bits per heavy atom. The Morgan fingerprint density at radius 1 is 0.867 bits per heavy atom. The molecule has 0 saturated heterocycles. The van der Waals surface area contributed by atoms with Crippen LogP contribution in [-0.2, 0) is 0 Å². The second-order valence-corrected chi connectivity index (χ2v) is 4.87. The van der Waals surface area contributed by atoms with Gasteiger partial charge in [-0.3, -0.25) is 0 Å². The third kappa shape index (κ3) is 5.58. The molecule has 0 N–H and O–H groups in total. The van der Waals surface area contributed by atoms with Crippen molar-refractivity contribution in [3.05, 3.63) is 0 Å². The van der Waals surface area contributed by atoms with Gasteiger partial charge in [-0.2, -0.15) is 0 Å². The minimum absolute atomic E-state index is 0.785. The van der Waals surface area contributed by atoms with Crippen LogP contribution >= 0.6 is 0 Å². The van der Waals surface area contributed by atoms with Crippen LogP contribution in [0.15, 0.2) is 0 Å². The standard InChI is InChI=1S/C13H26.C2H6/c1-3-5-6-7-10-13(4-2)11-8-9-12-13;1-2/h3-12H2,1-2H3;1-2H3. The Bertz CT molecular complexity index is 120. The van der Waals surface area contributed by atoms with Crippen LogP contribution in [0.5, 0.6) is 0 Å². The molecule has 0 spiro atoms. The number of hydrogen-bond acceptors (Lipinski definition) is 0. The lowest BCUT2D eigenvalue weighted by Crippen LogP contribution is -2.14. The van der Waals surface area contributed by atoms with Crippen LogP contribution in [0.1, 0.15) is 91.9 Å². The van der Waals surface area contributed by atoms with Crippen molar-refractivity contribution in [2.45, 2.75) is 91.9 Å². The third-order valence-corrected chi connectivity index (χ3v) is 3.97. The smallest absolute Gasteiger partial charge is 0.0300 e. The molecule has 1 fully saturated rings. The Balaban J connectivity index is 0.000000921. The molecule has 0 radical (unpaired) electrons. The second-order valence-electron chi connectivity index (χ2n) is 4.87. The summed E-state index contributed by atoms with van der Waals surface area (Å²) in [4.78, 5) is 0. The van der Waals surface area contributed by atoms with Crippen molar-refractivity contribution in [3.8, 4) is 0 Å². The van der Waals surface area contributed by atoms with Gasteiger partial charge in [0.05, 0.1) is 0 Å². The fourth-order valence-electron chi connectivity index (χ4n) is 2.83. The highest BCUT2D eigenvalue weighted by atomic mass is 14.4. The van der Waals surface area contributed by atoms with E-state index in [1.165, 1.54) is 64.2 Å². The van der Waals surface area contributed by atoms with E-state index in [-0.39, 0.29) is 0 Å². The summed E-state index contributed by atoms with van der Waals surface area (Å²) in [5.41, 5.74) is 0.785. The van der Waals surface area contributed by atoms with Crippen molar-refractivity contribution in [1.29, 1.82) is 0 Å². The monoisotopic (exact) mass is 212 g/mol. The van der Waals surface area contributed by atoms with Gasteiger partial charge in [-0.1, -0.05) is 72.6 Å². The summed E-state index contributed by atoms with van der Waals surface area (Å²) in [7, 11) is 0. The maximum Gasteiger partial charge on any atom is -0.0300 e. The average molecular weight is 212 g/mol. The number of rotatable bonds is 6. The first-order valence-electron chi connectivity index (χ1n) is 7.33. The molecule has 1 saturated carbocycles. The van der Waals surface area contributed by atoms with E-state index < -0.39 is 0 Å². The first-order chi connectivity index (χ1) is 7.33. The van der Waals surface area contributed by atoms with Crippen molar-refractivity contribution in [2.24, 2.45) is 5.41 Å². The normalized spacial score (nSPS) is 18.4. The van der Waals surface area contributed by atoms with Gasteiger partial charge in [-0.05, 0) is 24.7 Å². The van der Waals surface area contributed by atoms with Crippen molar-refractivity contribution in [3.63, 3.8) is 0 Å². The first-order valence-corrected chi connectivity index (χ1v) is 7.33. The Labute approximate surface area is 97.8 Å². The summed E-state index contributed by atoms with van der Waals surface area (Å²) in [6.45, 7) is 8.69. The molecule has 0 bridgehead atoms. The van der Waals surface area contributed by atoms with E-state index in [0.29, 0.717) is 0 Å². The van der Waals surface area contributed by atoms with Gasteiger partial charge < -0.3 is 0 Å². The van der Waals surface area contributed by atoms with Gasteiger partial charge in [0.15, 0.2) is 0 Å². The molecule has 0 nitrogen and oxygen atoms in total. The fourth-order valence-corrected chi connectivity index (χ4v) is 2.83. The van der Waals surface area contributed by atoms with E-state index in [1.807, 2.05) is 13.8 Å². The van der Waals surface area contributed by atoms with Crippen LogP contribution in [-0.4, -0.2) is 0 Å². The second kappa shape index (κ2) is 9.24. The predicted molar refractivity (Wildman–Crippen MR) is 71.3 cm³/mol. The molecule has 15 heavy (non-hydrogen) atoms. The largest absolute Gasteiger partial charge is 0.0683 e. The molecule has 1 aliphatic carbocycles. The fraction of sp³-hybridized carbons (Fsp3) is 1.00. The lowest BCUT2D eigenvalue weighted by atomic mass is 9.78. The Kier molecular flexibility index (Phi) is 9.24. The predicted octanol–water partition coefficient (Wildman–Crippen LogP) is 5.95. The molecule has 0 atom stereocenters. The quantitative estimate of drug-likeness (QED) is 0.477. The molecular formula is C15H32. The molecule has 0 aromatic carbocycles. The van der Waals surface area contributed by atoms with Gasteiger partial charge in [0.25, 0.3) is 0 Å². The zero-order valence-corrected chi connectivity index (χ0v) is 11.6. The van der Waals surface area contributed by atoms with Crippen LogP contribution in [0.25, 0.3) is 0 Å². The molecule has 1 aliphatic rings. The summed E-state index contributed by atoms with van der Waals surface area (Å²) in [5, 5.41) is 0. The van der Waals surface area contributed by atoms with Gasteiger partial charge in [-0.25, -0.2) is 0 Å². The zero-order chi connectivity index (χ0) is 11.6. The number of unbranched alkanes of at least 4 members (excludes halogenated alkanes) is 3. The van der Waals surface area contributed by atoms with Gasteiger partial charge in [-0.15, -0.1) is 0 Å². The van der Waals surface area contributed by atoms with E-state index in [2.05, 4.69) is 13.8 Å². The molecule has 0 heteroatoms. The van der Waals surface area contributed by atoms with Crippen LogP contribution in [0.2, 0.25) is 0 Å². The van der Waals surface area contributed by atoms with E-state index in [4.69, 9.17) is 0 Å². The summed E-state index contributed by atoms with van der Waals surface area (Å²) >= 11 is 0. The van der Waals surface area contributed by atoms with Crippen molar-refractivity contribution in [1.82, 2.24) is 0 Å².